The minimum Gasteiger partial charge on any atom is -0.396 e. The first kappa shape index (κ1) is 26.8. The van der Waals surface area contributed by atoms with E-state index < -0.39 is 0 Å². The van der Waals surface area contributed by atoms with E-state index in [0.29, 0.717) is 30.0 Å². The second-order valence-electron chi connectivity index (χ2n) is 8.95. The molecule has 0 spiro atoms. The maximum Gasteiger partial charge on any atom is 0.222 e. The zero-order valence-corrected chi connectivity index (χ0v) is 20.8. The van der Waals surface area contributed by atoms with E-state index in [1.807, 2.05) is 0 Å². The Balaban J connectivity index is 0.000000429. The van der Waals surface area contributed by atoms with E-state index >= 15 is 0 Å². The molecular weight excluding hydrogens is 444 g/mol. The molecule has 10 heteroatoms. The molecule has 0 saturated carbocycles. The number of piperazine rings is 1. The number of fused-ring (bicyclic) bond motifs is 1. The summed E-state index contributed by atoms with van der Waals surface area (Å²) < 4.78 is 1.81. The molecule has 1 aliphatic rings. The van der Waals surface area contributed by atoms with Gasteiger partial charge in [0.1, 0.15) is 11.0 Å². The molecule has 3 heterocycles. The SMILES string of the molecule is CCCCCCO.Nc1nc(N)c2c(cnn2Cc2ccc(CN3CCN(CCO)CC3)cc2)n1. The van der Waals surface area contributed by atoms with Crippen LogP contribution in [0.2, 0.25) is 0 Å². The van der Waals surface area contributed by atoms with Crippen LogP contribution in [-0.2, 0) is 13.1 Å². The highest BCUT2D eigenvalue weighted by atomic mass is 16.3. The van der Waals surface area contributed by atoms with Gasteiger partial charge in [-0.2, -0.15) is 10.1 Å². The van der Waals surface area contributed by atoms with Crippen molar-refractivity contribution in [1.29, 1.82) is 0 Å². The Bertz CT molecular complexity index is 1010. The van der Waals surface area contributed by atoms with Gasteiger partial charge in [-0.25, -0.2) is 4.98 Å². The molecule has 0 unspecified atom stereocenters. The minimum absolute atomic E-state index is 0.158. The van der Waals surface area contributed by atoms with Gasteiger partial charge in [-0.05, 0) is 17.5 Å². The van der Waals surface area contributed by atoms with E-state index in [9.17, 15) is 0 Å². The van der Waals surface area contributed by atoms with E-state index in [1.165, 1.54) is 24.8 Å². The van der Waals surface area contributed by atoms with Gasteiger partial charge in [0.2, 0.25) is 5.95 Å². The van der Waals surface area contributed by atoms with Crippen molar-refractivity contribution < 1.29 is 10.2 Å². The Morgan fingerprint density at radius 1 is 0.829 bits per heavy atom. The predicted octanol–water partition coefficient (Wildman–Crippen LogP) is 1.71. The Morgan fingerprint density at radius 3 is 2.11 bits per heavy atom. The number of nitrogens with two attached hydrogens (primary N) is 2. The molecule has 0 atom stereocenters. The van der Waals surface area contributed by atoms with Crippen LogP contribution >= 0.6 is 0 Å². The fourth-order valence-electron chi connectivity index (χ4n) is 4.20. The highest BCUT2D eigenvalue weighted by molar-refractivity contribution is 5.85. The first-order valence-corrected chi connectivity index (χ1v) is 12.5. The van der Waals surface area contributed by atoms with Crippen LogP contribution in [0.4, 0.5) is 11.8 Å². The molecule has 0 aliphatic carbocycles. The van der Waals surface area contributed by atoms with Crippen LogP contribution in [0.15, 0.2) is 30.5 Å². The van der Waals surface area contributed by atoms with Gasteiger partial charge in [-0.1, -0.05) is 50.5 Å². The standard InChI is InChI=1S/C19H26N8O.C6H14O/c20-18-17-16(23-19(21)24-18)11-22-27(17)13-15-3-1-14(2-4-15)12-26-7-5-25(6-8-26)9-10-28;1-2-3-4-5-6-7/h1-4,11,28H,5-10,12-13H2,(H4,20,21,23,24);7H,2-6H2,1H3. The second-order valence-corrected chi connectivity index (χ2v) is 8.95. The summed E-state index contributed by atoms with van der Waals surface area (Å²) in [6, 6.07) is 8.58. The quantitative estimate of drug-likeness (QED) is 0.316. The first-order chi connectivity index (χ1) is 17.0. The van der Waals surface area contributed by atoms with Gasteiger partial charge in [0.25, 0.3) is 0 Å². The van der Waals surface area contributed by atoms with Gasteiger partial charge in [-0.15, -0.1) is 0 Å². The highest BCUT2D eigenvalue weighted by Gasteiger charge is 2.16. The van der Waals surface area contributed by atoms with E-state index in [0.717, 1.165) is 51.3 Å². The maximum atomic E-state index is 9.04. The van der Waals surface area contributed by atoms with Crippen LogP contribution < -0.4 is 11.5 Å². The summed E-state index contributed by atoms with van der Waals surface area (Å²) in [5.41, 5.74) is 15.4. The summed E-state index contributed by atoms with van der Waals surface area (Å²) in [5.74, 6) is 0.503. The lowest BCUT2D eigenvalue weighted by molar-refractivity contribution is 0.108. The molecule has 35 heavy (non-hydrogen) atoms. The average Bonchev–Trinajstić information content (AvgIpc) is 3.25. The summed E-state index contributed by atoms with van der Waals surface area (Å²) in [6.07, 6.45) is 6.34. The highest BCUT2D eigenvalue weighted by Crippen LogP contribution is 2.20. The van der Waals surface area contributed by atoms with Crippen LogP contribution in [-0.4, -0.2) is 85.7 Å². The lowest BCUT2D eigenvalue weighted by Crippen LogP contribution is -2.46. The fraction of sp³-hybridized carbons (Fsp3) is 0.560. The number of hydrogen-bond donors (Lipinski definition) is 4. The van der Waals surface area contributed by atoms with Gasteiger partial charge < -0.3 is 21.7 Å². The van der Waals surface area contributed by atoms with Crippen molar-refractivity contribution in [3.8, 4) is 0 Å². The van der Waals surface area contributed by atoms with Gasteiger partial charge in [0, 0.05) is 45.9 Å². The zero-order chi connectivity index (χ0) is 25.0. The number of benzene rings is 1. The fourth-order valence-corrected chi connectivity index (χ4v) is 4.20. The Labute approximate surface area is 207 Å². The molecule has 1 aromatic carbocycles. The molecule has 1 fully saturated rings. The summed E-state index contributed by atoms with van der Waals surface area (Å²) in [6.45, 7) is 9.16. The summed E-state index contributed by atoms with van der Waals surface area (Å²) in [7, 11) is 0. The largest absolute Gasteiger partial charge is 0.396 e. The number of aliphatic hydroxyl groups is 2. The molecule has 1 aliphatic heterocycles. The van der Waals surface area contributed by atoms with Gasteiger partial charge in [0.15, 0.2) is 5.82 Å². The van der Waals surface area contributed by atoms with Crippen molar-refractivity contribution in [3.63, 3.8) is 0 Å². The second kappa shape index (κ2) is 13.9. The molecule has 10 nitrogen and oxygen atoms in total. The molecular formula is C25H40N8O2. The maximum absolute atomic E-state index is 9.04. The summed E-state index contributed by atoms with van der Waals surface area (Å²) in [5, 5.41) is 21.7. The molecule has 0 radical (unpaired) electrons. The van der Waals surface area contributed by atoms with Crippen LogP contribution in [0.5, 0.6) is 0 Å². The Hall–Kier alpha value is -2.79. The normalized spacial score (nSPS) is 14.7. The summed E-state index contributed by atoms with van der Waals surface area (Å²) >= 11 is 0. The monoisotopic (exact) mass is 484 g/mol. The number of unbranched alkanes of at least 4 members (excludes halogenated alkanes) is 3. The third-order valence-corrected chi connectivity index (χ3v) is 6.19. The minimum atomic E-state index is 0.158. The number of anilines is 2. The third-order valence-electron chi connectivity index (χ3n) is 6.19. The number of rotatable bonds is 10. The molecule has 2 aromatic heterocycles. The number of hydrogen-bond acceptors (Lipinski definition) is 9. The molecule has 0 bridgehead atoms. The topological polar surface area (TPSA) is 143 Å². The van der Waals surface area contributed by atoms with E-state index in [-0.39, 0.29) is 12.6 Å². The van der Waals surface area contributed by atoms with Crippen LogP contribution in [0.3, 0.4) is 0 Å². The van der Waals surface area contributed by atoms with Gasteiger partial charge >= 0.3 is 0 Å². The number of aromatic nitrogens is 4. The predicted molar refractivity (Wildman–Crippen MR) is 140 cm³/mol. The third kappa shape index (κ3) is 8.14. The van der Waals surface area contributed by atoms with Crippen LogP contribution in [0.1, 0.15) is 43.7 Å². The first-order valence-electron chi connectivity index (χ1n) is 12.5. The van der Waals surface area contributed by atoms with Crippen molar-refractivity contribution in [1.82, 2.24) is 29.5 Å². The average molecular weight is 485 g/mol. The van der Waals surface area contributed by atoms with E-state index in [4.69, 9.17) is 21.7 Å². The zero-order valence-electron chi connectivity index (χ0n) is 20.8. The van der Waals surface area contributed by atoms with Crippen molar-refractivity contribution in [2.75, 3.05) is 57.4 Å². The Morgan fingerprint density at radius 2 is 1.49 bits per heavy atom. The molecule has 0 amide bonds. The van der Waals surface area contributed by atoms with Crippen molar-refractivity contribution in [2.24, 2.45) is 0 Å². The Kier molecular flexibility index (Phi) is 10.7. The van der Waals surface area contributed by atoms with Crippen molar-refractivity contribution >= 4 is 22.8 Å². The van der Waals surface area contributed by atoms with Gasteiger partial charge in [-0.3, -0.25) is 14.5 Å². The molecule has 1 saturated heterocycles. The number of aliphatic hydroxyl groups excluding tert-OH is 2. The van der Waals surface area contributed by atoms with E-state index in [1.54, 1.807) is 10.9 Å². The van der Waals surface area contributed by atoms with Crippen molar-refractivity contribution in [3.05, 3.63) is 41.6 Å². The van der Waals surface area contributed by atoms with E-state index in [2.05, 4.69) is 56.1 Å². The molecule has 4 rings (SSSR count). The lowest BCUT2D eigenvalue weighted by Gasteiger charge is -2.34. The van der Waals surface area contributed by atoms with Gasteiger partial charge in [0.05, 0.1) is 19.3 Å². The number of nitrogen functional groups attached to an aromatic ring is 2. The lowest BCUT2D eigenvalue weighted by atomic mass is 10.1. The van der Waals surface area contributed by atoms with Crippen molar-refractivity contribution in [2.45, 2.75) is 45.7 Å². The molecule has 192 valence electrons. The number of β-amino-alcohol motifs (C(OH)–C–C–N with tert-alkyl or cyclic N) is 1. The smallest absolute Gasteiger partial charge is 0.222 e. The van der Waals surface area contributed by atoms with Crippen LogP contribution in [0, 0.1) is 0 Å². The summed E-state index contributed by atoms with van der Waals surface area (Å²) in [4.78, 5) is 13.0. The molecule has 6 N–H and O–H groups in total. The van der Waals surface area contributed by atoms with Crippen LogP contribution in [0.25, 0.3) is 11.0 Å². The molecule has 3 aromatic rings. The number of nitrogens with zero attached hydrogens (tertiary/aromatic N) is 6.